The van der Waals surface area contributed by atoms with Crippen molar-refractivity contribution in [2.45, 2.75) is 331 Å². The first kappa shape index (κ1) is 77.3. The fourth-order valence-corrected chi connectivity index (χ4v) is 10.7. The van der Waals surface area contributed by atoms with Crippen LogP contribution in [0.25, 0.3) is 0 Å². The quantitative estimate of drug-likeness (QED) is 0.0204. The van der Waals surface area contributed by atoms with Gasteiger partial charge < -0.3 is 65.1 Å². The monoisotopic (exact) mass is 1190 g/mol. The van der Waals surface area contributed by atoms with Gasteiger partial charge in [-0.05, 0) is 70.6 Å². The Balaban J connectivity index is 1.66. The Morgan fingerprint density at radius 1 is 0.440 bits per heavy atom. The largest absolute Gasteiger partial charge is 0.394 e. The molecule has 14 heteroatoms. The maximum absolute atomic E-state index is 13.3. The molecule has 12 atom stereocenters. The summed E-state index contributed by atoms with van der Waals surface area (Å²) in [4.78, 5) is 13.3. The molecule has 1 amide bonds. The molecule has 0 bridgehead atoms. The number of ether oxygens (including phenoxy) is 4. The first-order valence-corrected chi connectivity index (χ1v) is 33.8. The Hall–Kier alpha value is -2.83. The molecule has 84 heavy (non-hydrogen) atoms. The molecule has 2 aliphatic rings. The molecule has 2 rings (SSSR count). The standard InChI is InChI=1S/C70H123NO13/c1-3-5-7-9-11-13-15-17-19-21-22-23-24-25-26-27-28-29-30-31-32-33-34-35-36-38-40-42-44-46-48-50-52-54-62(75)71-58(59(74)53-51-49-47-45-43-41-39-37-20-18-16-14-12-10-8-6-4-2)57-81-69-67(80)65(78)68(61(56-73)83-69)84-70-66(79)64(77)63(76)60(55-72)82-70/h5,7,11,13,17,19,22-23,25-26,28-29,51,53,58-61,63-70,72-74,76-80H,3-4,6,8-10,12,14-16,18,20-21,24,27,30-50,52,54-57H2,1-2H3,(H,71,75)/b7-5-,13-11-,19-17-,23-22-,26-25-,29-28-,53-51+. The van der Waals surface area contributed by atoms with E-state index >= 15 is 0 Å². The highest BCUT2D eigenvalue weighted by Gasteiger charge is 2.51. The third kappa shape index (κ3) is 38.4. The topological polar surface area (TPSA) is 228 Å². The molecule has 486 valence electrons. The fraction of sp³-hybridized carbons (Fsp3) is 0.786. The zero-order chi connectivity index (χ0) is 60.9. The highest BCUT2D eigenvalue weighted by atomic mass is 16.7. The second-order valence-electron chi connectivity index (χ2n) is 23.6. The average Bonchev–Trinajstić information content (AvgIpc) is 3.17. The van der Waals surface area contributed by atoms with E-state index in [1.165, 1.54) is 154 Å². The number of carbonyl (C=O) groups is 1. The predicted molar refractivity (Wildman–Crippen MR) is 341 cm³/mol. The molecule has 0 radical (unpaired) electrons. The van der Waals surface area contributed by atoms with Gasteiger partial charge >= 0.3 is 0 Å². The van der Waals surface area contributed by atoms with E-state index in [4.69, 9.17) is 18.9 Å². The second kappa shape index (κ2) is 54.3. The Morgan fingerprint density at radius 3 is 1.26 bits per heavy atom. The molecule has 12 unspecified atom stereocenters. The summed E-state index contributed by atoms with van der Waals surface area (Å²) in [5.74, 6) is -0.241. The summed E-state index contributed by atoms with van der Waals surface area (Å²) in [6, 6.07) is -0.919. The van der Waals surface area contributed by atoms with Crippen molar-refractivity contribution in [1.29, 1.82) is 0 Å². The second-order valence-corrected chi connectivity index (χ2v) is 23.6. The number of aliphatic hydroxyl groups is 8. The summed E-state index contributed by atoms with van der Waals surface area (Å²) in [5, 5.41) is 87.3. The van der Waals surface area contributed by atoms with Crippen molar-refractivity contribution in [3.8, 4) is 0 Å². The van der Waals surface area contributed by atoms with E-state index in [0.29, 0.717) is 6.42 Å². The van der Waals surface area contributed by atoms with Gasteiger partial charge in [-0.25, -0.2) is 0 Å². The molecule has 2 saturated heterocycles. The lowest BCUT2D eigenvalue weighted by molar-refractivity contribution is -0.359. The number of rotatable bonds is 54. The molecule has 0 aromatic heterocycles. The van der Waals surface area contributed by atoms with Crippen LogP contribution in [0, 0.1) is 0 Å². The van der Waals surface area contributed by atoms with Gasteiger partial charge in [-0.3, -0.25) is 4.79 Å². The van der Waals surface area contributed by atoms with Crippen molar-refractivity contribution in [3.63, 3.8) is 0 Å². The fourth-order valence-electron chi connectivity index (χ4n) is 10.7. The predicted octanol–water partition coefficient (Wildman–Crippen LogP) is 13.2. The van der Waals surface area contributed by atoms with Gasteiger partial charge in [0.15, 0.2) is 12.6 Å². The van der Waals surface area contributed by atoms with Crippen molar-refractivity contribution in [2.75, 3.05) is 19.8 Å². The van der Waals surface area contributed by atoms with E-state index in [1.807, 2.05) is 6.08 Å². The lowest BCUT2D eigenvalue weighted by atomic mass is 9.97. The van der Waals surface area contributed by atoms with Crippen LogP contribution in [0.15, 0.2) is 85.1 Å². The van der Waals surface area contributed by atoms with Gasteiger partial charge in [0.25, 0.3) is 0 Å². The Bertz CT molecular complexity index is 1730. The van der Waals surface area contributed by atoms with E-state index in [0.717, 1.165) is 77.0 Å². The van der Waals surface area contributed by atoms with E-state index < -0.39 is 86.8 Å². The molecule has 0 aliphatic carbocycles. The minimum absolute atomic E-state index is 0.241. The smallest absolute Gasteiger partial charge is 0.220 e. The van der Waals surface area contributed by atoms with Gasteiger partial charge in [0.05, 0.1) is 32.0 Å². The van der Waals surface area contributed by atoms with Crippen LogP contribution in [0.1, 0.15) is 258 Å². The molecular weight excluding hydrogens is 1060 g/mol. The number of nitrogens with one attached hydrogen (secondary N) is 1. The van der Waals surface area contributed by atoms with Crippen LogP contribution in [0.2, 0.25) is 0 Å². The summed E-state index contributed by atoms with van der Waals surface area (Å²) in [6.07, 6.45) is 57.7. The molecule has 0 spiro atoms. The lowest BCUT2D eigenvalue weighted by Gasteiger charge is -2.46. The highest BCUT2D eigenvalue weighted by Crippen LogP contribution is 2.30. The number of hydrogen-bond donors (Lipinski definition) is 9. The zero-order valence-electron chi connectivity index (χ0n) is 52.6. The highest BCUT2D eigenvalue weighted by molar-refractivity contribution is 5.76. The summed E-state index contributed by atoms with van der Waals surface area (Å²) in [7, 11) is 0. The number of unbranched alkanes of at least 4 members (excludes halogenated alkanes) is 29. The van der Waals surface area contributed by atoms with Crippen molar-refractivity contribution in [3.05, 3.63) is 85.1 Å². The first-order chi connectivity index (χ1) is 41.1. The molecular formula is C70H123NO13. The van der Waals surface area contributed by atoms with E-state index in [2.05, 4.69) is 92.1 Å². The summed E-state index contributed by atoms with van der Waals surface area (Å²) < 4.78 is 22.8. The molecule has 0 saturated carbocycles. The Kier molecular flexibility index (Phi) is 50.0. The molecule has 2 fully saturated rings. The summed E-state index contributed by atoms with van der Waals surface area (Å²) >= 11 is 0. The van der Waals surface area contributed by atoms with Crippen molar-refractivity contribution < 1.29 is 64.6 Å². The number of hydrogen-bond acceptors (Lipinski definition) is 13. The minimum atomic E-state index is -1.79. The van der Waals surface area contributed by atoms with Crippen LogP contribution in [-0.2, 0) is 23.7 Å². The number of aliphatic hydroxyl groups excluding tert-OH is 8. The van der Waals surface area contributed by atoms with E-state index in [-0.39, 0.29) is 18.9 Å². The van der Waals surface area contributed by atoms with Crippen LogP contribution in [0.5, 0.6) is 0 Å². The van der Waals surface area contributed by atoms with E-state index in [9.17, 15) is 45.6 Å². The molecule has 9 N–H and O–H groups in total. The number of carbonyl (C=O) groups excluding carboxylic acids is 1. The van der Waals surface area contributed by atoms with Gasteiger partial charge in [-0.2, -0.15) is 0 Å². The Morgan fingerprint density at radius 2 is 0.821 bits per heavy atom. The SMILES string of the molecule is CC/C=C\C/C=C\C/C=C\C/C=C\C/C=C\C/C=C\CCCCCCCCCCCCCCCCC(=O)NC(COC1OC(CO)C(OC2OC(CO)C(O)C(O)C2O)C(O)C1O)C(O)/C=C/CCCCCCCCCCCCCCCCC. The minimum Gasteiger partial charge on any atom is -0.394 e. The maximum Gasteiger partial charge on any atom is 0.220 e. The maximum atomic E-state index is 13.3. The van der Waals surface area contributed by atoms with Crippen LogP contribution >= 0.6 is 0 Å². The molecule has 0 aromatic rings. The Labute approximate surface area is 510 Å². The van der Waals surface area contributed by atoms with Gasteiger partial charge in [0.1, 0.15) is 48.8 Å². The van der Waals surface area contributed by atoms with Crippen LogP contribution in [-0.4, -0.2) is 140 Å². The van der Waals surface area contributed by atoms with Crippen molar-refractivity contribution >= 4 is 5.91 Å². The summed E-state index contributed by atoms with van der Waals surface area (Å²) in [6.45, 7) is 2.70. The van der Waals surface area contributed by atoms with Crippen LogP contribution in [0.4, 0.5) is 0 Å². The zero-order valence-corrected chi connectivity index (χ0v) is 52.6. The third-order valence-electron chi connectivity index (χ3n) is 16.1. The molecule has 0 aromatic carbocycles. The first-order valence-electron chi connectivity index (χ1n) is 33.8. The van der Waals surface area contributed by atoms with Crippen LogP contribution in [0.3, 0.4) is 0 Å². The van der Waals surface area contributed by atoms with Gasteiger partial charge in [0, 0.05) is 6.42 Å². The van der Waals surface area contributed by atoms with Gasteiger partial charge in [-0.1, -0.05) is 266 Å². The van der Waals surface area contributed by atoms with Gasteiger partial charge in [-0.15, -0.1) is 0 Å². The van der Waals surface area contributed by atoms with E-state index in [1.54, 1.807) is 6.08 Å². The van der Waals surface area contributed by atoms with Crippen molar-refractivity contribution in [1.82, 2.24) is 5.32 Å². The normalized spacial score (nSPS) is 24.2. The van der Waals surface area contributed by atoms with Gasteiger partial charge in [0.2, 0.25) is 5.91 Å². The van der Waals surface area contributed by atoms with Crippen molar-refractivity contribution in [2.24, 2.45) is 0 Å². The lowest BCUT2D eigenvalue weighted by Crippen LogP contribution is -2.65. The van der Waals surface area contributed by atoms with Crippen LogP contribution < -0.4 is 5.32 Å². The summed E-state index contributed by atoms with van der Waals surface area (Å²) in [5.41, 5.74) is 0. The molecule has 2 aliphatic heterocycles. The average molecular weight is 1190 g/mol. The number of allylic oxidation sites excluding steroid dienone is 13. The molecule has 2 heterocycles. The third-order valence-corrected chi connectivity index (χ3v) is 16.1. The molecule has 14 nitrogen and oxygen atoms in total. The number of amides is 1.